The number of hydrogen-bond donors (Lipinski definition) is 1. The van der Waals surface area contributed by atoms with E-state index in [4.69, 9.17) is 21.1 Å². The normalized spacial score (nSPS) is 11.5. The van der Waals surface area contributed by atoms with Gasteiger partial charge < -0.3 is 14.8 Å². The van der Waals surface area contributed by atoms with Gasteiger partial charge in [0.05, 0.1) is 13.0 Å². The molecular weight excluding hydrogens is 342 g/mol. The molecule has 1 amide bonds. The molecule has 0 saturated heterocycles. The highest BCUT2D eigenvalue weighted by atomic mass is 35.5. The van der Waals surface area contributed by atoms with Crippen LogP contribution < -0.4 is 10.1 Å². The van der Waals surface area contributed by atoms with E-state index in [-0.39, 0.29) is 13.0 Å². The molecule has 0 spiro atoms. The zero-order valence-corrected chi connectivity index (χ0v) is 14.9. The molecule has 5 nitrogen and oxygen atoms in total. The molecule has 2 aromatic rings. The number of anilines is 1. The van der Waals surface area contributed by atoms with Crippen molar-refractivity contribution < 1.29 is 19.1 Å². The Morgan fingerprint density at radius 3 is 2.48 bits per heavy atom. The number of amides is 1. The minimum atomic E-state index is -0.901. The van der Waals surface area contributed by atoms with E-state index in [0.29, 0.717) is 10.7 Å². The molecule has 0 fully saturated rings. The minimum absolute atomic E-state index is 0.0624. The highest BCUT2D eigenvalue weighted by Crippen LogP contribution is 2.16. The van der Waals surface area contributed by atoms with Gasteiger partial charge in [-0.2, -0.15) is 0 Å². The third-order valence-corrected chi connectivity index (χ3v) is 3.70. The van der Waals surface area contributed by atoms with Crippen LogP contribution in [0.1, 0.15) is 18.9 Å². The van der Waals surface area contributed by atoms with Crippen LogP contribution in [0.4, 0.5) is 5.69 Å². The second-order valence-electron chi connectivity index (χ2n) is 5.49. The monoisotopic (exact) mass is 361 g/mol. The Balaban J connectivity index is 1.74. The maximum atomic E-state index is 12.0. The average molecular weight is 362 g/mol. The van der Waals surface area contributed by atoms with E-state index in [1.807, 2.05) is 31.2 Å². The molecule has 0 aliphatic heterocycles. The van der Waals surface area contributed by atoms with Crippen LogP contribution in [0, 0.1) is 6.92 Å². The highest BCUT2D eigenvalue weighted by Gasteiger charge is 2.18. The van der Waals surface area contributed by atoms with E-state index < -0.39 is 18.0 Å². The van der Waals surface area contributed by atoms with Crippen LogP contribution in [0.25, 0.3) is 0 Å². The third kappa shape index (κ3) is 6.12. The first-order chi connectivity index (χ1) is 12.0. The van der Waals surface area contributed by atoms with E-state index in [0.717, 1.165) is 11.3 Å². The molecule has 0 bridgehead atoms. The first kappa shape index (κ1) is 18.8. The fourth-order valence-electron chi connectivity index (χ4n) is 2.05. The first-order valence-electron chi connectivity index (χ1n) is 7.90. The molecule has 0 aliphatic rings. The van der Waals surface area contributed by atoms with Gasteiger partial charge in [-0.25, -0.2) is 0 Å². The highest BCUT2D eigenvalue weighted by molar-refractivity contribution is 6.30. The summed E-state index contributed by atoms with van der Waals surface area (Å²) in [7, 11) is 0. The van der Waals surface area contributed by atoms with Gasteiger partial charge in [0.1, 0.15) is 5.75 Å². The van der Waals surface area contributed by atoms with Crippen molar-refractivity contribution in [2.24, 2.45) is 0 Å². The van der Waals surface area contributed by atoms with E-state index >= 15 is 0 Å². The number of hydrogen-bond acceptors (Lipinski definition) is 4. The predicted octanol–water partition coefficient (Wildman–Crippen LogP) is 3.99. The van der Waals surface area contributed by atoms with Crippen molar-refractivity contribution in [3.05, 3.63) is 59.1 Å². The maximum absolute atomic E-state index is 12.0. The first-order valence-corrected chi connectivity index (χ1v) is 8.28. The SMILES string of the molecule is Cc1ccccc1OCCC(=O)O[C@@H](C)C(=O)Nc1ccc(Cl)cc1. The zero-order valence-electron chi connectivity index (χ0n) is 14.1. The largest absolute Gasteiger partial charge is 0.493 e. The molecule has 1 atom stereocenters. The zero-order chi connectivity index (χ0) is 18.2. The number of ether oxygens (including phenoxy) is 2. The number of carbonyl (C=O) groups excluding carboxylic acids is 2. The Morgan fingerprint density at radius 1 is 1.12 bits per heavy atom. The van der Waals surface area contributed by atoms with Crippen LogP contribution in [0.15, 0.2) is 48.5 Å². The van der Waals surface area contributed by atoms with Gasteiger partial charge in [0.15, 0.2) is 6.10 Å². The third-order valence-electron chi connectivity index (χ3n) is 3.45. The van der Waals surface area contributed by atoms with Gasteiger partial charge >= 0.3 is 5.97 Å². The van der Waals surface area contributed by atoms with E-state index in [1.54, 1.807) is 24.3 Å². The van der Waals surface area contributed by atoms with Crippen molar-refractivity contribution in [1.82, 2.24) is 0 Å². The molecule has 132 valence electrons. The van der Waals surface area contributed by atoms with Gasteiger partial charge in [0.25, 0.3) is 5.91 Å². The number of aryl methyl sites for hydroxylation is 1. The Labute approximate surface area is 151 Å². The van der Waals surface area contributed by atoms with Crippen LogP contribution in [0.3, 0.4) is 0 Å². The summed E-state index contributed by atoms with van der Waals surface area (Å²) in [5.74, 6) is -0.174. The smallest absolute Gasteiger partial charge is 0.310 e. The Morgan fingerprint density at radius 2 is 1.80 bits per heavy atom. The lowest BCUT2D eigenvalue weighted by Gasteiger charge is -2.14. The Bertz CT molecular complexity index is 730. The quantitative estimate of drug-likeness (QED) is 0.757. The van der Waals surface area contributed by atoms with Crippen molar-refractivity contribution in [2.45, 2.75) is 26.4 Å². The topological polar surface area (TPSA) is 64.6 Å². The number of rotatable bonds is 7. The lowest BCUT2D eigenvalue weighted by Crippen LogP contribution is -2.30. The summed E-state index contributed by atoms with van der Waals surface area (Å²) >= 11 is 5.79. The molecule has 0 radical (unpaired) electrons. The van der Waals surface area contributed by atoms with Crippen LogP contribution >= 0.6 is 11.6 Å². The van der Waals surface area contributed by atoms with Crippen molar-refractivity contribution in [3.63, 3.8) is 0 Å². The summed E-state index contributed by atoms with van der Waals surface area (Å²) in [5.41, 5.74) is 1.58. The molecule has 1 N–H and O–H groups in total. The van der Waals surface area contributed by atoms with Crippen molar-refractivity contribution in [1.29, 1.82) is 0 Å². The molecule has 0 heterocycles. The van der Waals surface area contributed by atoms with Gasteiger partial charge in [-0.1, -0.05) is 29.8 Å². The van der Waals surface area contributed by atoms with Gasteiger partial charge in [-0.05, 0) is 49.7 Å². The second-order valence-corrected chi connectivity index (χ2v) is 5.93. The summed E-state index contributed by atoms with van der Waals surface area (Å²) in [6, 6.07) is 14.2. The molecule has 2 rings (SSSR count). The maximum Gasteiger partial charge on any atom is 0.310 e. The van der Waals surface area contributed by atoms with Gasteiger partial charge in [-0.15, -0.1) is 0 Å². The lowest BCUT2D eigenvalue weighted by atomic mass is 10.2. The number of halogens is 1. The van der Waals surface area contributed by atoms with Crippen LogP contribution in [0.5, 0.6) is 5.75 Å². The standard InChI is InChI=1S/C19H20ClNO4/c1-13-5-3-4-6-17(13)24-12-11-18(22)25-14(2)19(23)21-16-9-7-15(20)8-10-16/h3-10,14H,11-12H2,1-2H3,(H,21,23)/t14-/m0/s1. The lowest BCUT2D eigenvalue weighted by molar-refractivity contribution is -0.153. The molecule has 0 aromatic heterocycles. The van der Waals surface area contributed by atoms with E-state index in [9.17, 15) is 9.59 Å². The molecule has 0 unspecified atom stereocenters. The van der Waals surface area contributed by atoms with Gasteiger partial charge in [-0.3, -0.25) is 9.59 Å². The fraction of sp³-hybridized carbons (Fsp3) is 0.263. The van der Waals surface area contributed by atoms with Crippen LogP contribution in [0.2, 0.25) is 5.02 Å². The summed E-state index contributed by atoms with van der Waals surface area (Å²) in [4.78, 5) is 23.9. The number of benzene rings is 2. The summed E-state index contributed by atoms with van der Waals surface area (Å²) in [6.07, 6.45) is -0.839. The minimum Gasteiger partial charge on any atom is -0.493 e. The summed E-state index contributed by atoms with van der Waals surface area (Å²) in [5, 5.41) is 3.23. The molecular formula is C19H20ClNO4. The van der Waals surface area contributed by atoms with Crippen molar-refractivity contribution in [3.8, 4) is 5.75 Å². The number of para-hydroxylation sites is 1. The summed E-state index contributed by atoms with van der Waals surface area (Å²) in [6.45, 7) is 3.64. The fourth-order valence-corrected chi connectivity index (χ4v) is 2.18. The number of esters is 1. The summed E-state index contributed by atoms with van der Waals surface area (Å²) < 4.78 is 10.7. The van der Waals surface area contributed by atoms with Crippen LogP contribution in [-0.2, 0) is 14.3 Å². The van der Waals surface area contributed by atoms with Crippen molar-refractivity contribution in [2.75, 3.05) is 11.9 Å². The molecule has 0 saturated carbocycles. The number of nitrogens with one attached hydrogen (secondary N) is 1. The van der Waals surface area contributed by atoms with Gasteiger partial charge in [0, 0.05) is 10.7 Å². The molecule has 6 heteroatoms. The number of carbonyl (C=O) groups is 2. The second kappa shape index (κ2) is 9.08. The van der Waals surface area contributed by atoms with E-state index in [1.165, 1.54) is 6.92 Å². The molecule has 0 aliphatic carbocycles. The average Bonchev–Trinajstić information content (AvgIpc) is 2.58. The van der Waals surface area contributed by atoms with Crippen LogP contribution in [-0.4, -0.2) is 24.6 Å². The molecule has 2 aromatic carbocycles. The Hall–Kier alpha value is -2.53. The Kier molecular flexibility index (Phi) is 6.83. The van der Waals surface area contributed by atoms with Gasteiger partial charge in [0.2, 0.25) is 0 Å². The van der Waals surface area contributed by atoms with E-state index in [2.05, 4.69) is 5.32 Å². The molecule has 25 heavy (non-hydrogen) atoms. The predicted molar refractivity (Wildman–Crippen MR) is 96.9 cm³/mol. The van der Waals surface area contributed by atoms with Crippen molar-refractivity contribution >= 4 is 29.2 Å².